The fourth-order valence-corrected chi connectivity index (χ4v) is 7.65. The van der Waals surface area contributed by atoms with Gasteiger partial charge in [-0.1, -0.05) is 66.6 Å². The van der Waals surface area contributed by atoms with E-state index in [-0.39, 0.29) is 12.5 Å². The second-order valence-corrected chi connectivity index (χ2v) is 13.8. The van der Waals surface area contributed by atoms with E-state index in [1.807, 2.05) is 46.8 Å². The highest BCUT2D eigenvalue weighted by Gasteiger charge is 2.29. The van der Waals surface area contributed by atoms with Crippen LogP contribution in [0.15, 0.2) is 48.5 Å². The number of rotatable bonds is 11. The predicted octanol–water partition coefficient (Wildman–Crippen LogP) is 6.58. The number of aliphatic hydroxyl groups excluding tert-OH is 1. The molecule has 10 nitrogen and oxygen atoms in total. The Kier molecular flexibility index (Phi) is 11.3. The number of nitrogens with one attached hydrogen (secondary N) is 1. The molecule has 11 heteroatoms. The maximum absolute atomic E-state index is 13.5. The molecule has 0 radical (unpaired) electrons. The molecule has 2 aliphatic heterocycles. The lowest BCUT2D eigenvalue weighted by atomic mass is 9.95. The van der Waals surface area contributed by atoms with Gasteiger partial charge in [-0.15, -0.1) is 0 Å². The third kappa shape index (κ3) is 7.74. The number of imidazole rings is 1. The largest absolute Gasteiger partial charge is 0.496 e. The van der Waals surface area contributed by atoms with Gasteiger partial charge in [0.05, 0.1) is 30.1 Å². The SMILES string of the molecule is COc1cc(/C=C/c2cccc(-c3cccc(NC(=O)c4nc5c(n4C)CCN(CCO)C5)c3Cl)c2C)c(C)cc1CN1CCCC[C@H]1C(=O)O. The van der Waals surface area contributed by atoms with Crippen LogP contribution in [0, 0.1) is 13.8 Å². The third-order valence-electron chi connectivity index (χ3n) is 10.3. The second kappa shape index (κ2) is 15.8. The van der Waals surface area contributed by atoms with Gasteiger partial charge in [0.15, 0.2) is 5.82 Å². The number of likely N-dealkylation sites (tertiary alicyclic amines) is 1. The molecule has 0 spiro atoms. The van der Waals surface area contributed by atoms with Crippen LogP contribution in [0.3, 0.4) is 0 Å². The van der Waals surface area contributed by atoms with Gasteiger partial charge >= 0.3 is 5.97 Å². The Morgan fingerprint density at radius 2 is 1.82 bits per heavy atom. The minimum Gasteiger partial charge on any atom is -0.496 e. The number of aliphatic carboxylic acids is 1. The molecule has 0 saturated carbocycles. The number of aromatic nitrogens is 2. The first-order valence-corrected chi connectivity index (χ1v) is 17.9. The van der Waals surface area contributed by atoms with Gasteiger partial charge in [-0.25, -0.2) is 4.98 Å². The van der Waals surface area contributed by atoms with Crippen molar-refractivity contribution in [2.45, 2.75) is 58.7 Å². The zero-order valence-electron chi connectivity index (χ0n) is 29.7. The van der Waals surface area contributed by atoms with E-state index < -0.39 is 12.0 Å². The first-order chi connectivity index (χ1) is 24.6. The van der Waals surface area contributed by atoms with Gasteiger partial charge in [-0.3, -0.25) is 19.4 Å². The lowest BCUT2D eigenvalue weighted by Gasteiger charge is -2.33. The van der Waals surface area contributed by atoms with Gasteiger partial charge in [-0.2, -0.15) is 0 Å². The van der Waals surface area contributed by atoms with E-state index in [9.17, 15) is 19.8 Å². The van der Waals surface area contributed by atoms with Crippen LogP contribution in [0.5, 0.6) is 5.75 Å². The number of benzene rings is 3. The van der Waals surface area contributed by atoms with Crippen molar-refractivity contribution in [1.82, 2.24) is 19.4 Å². The number of aryl methyl sites for hydroxylation is 1. The molecule has 6 rings (SSSR count). The van der Waals surface area contributed by atoms with Crippen molar-refractivity contribution in [2.75, 3.05) is 38.7 Å². The minimum atomic E-state index is -0.768. The van der Waals surface area contributed by atoms with Crippen LogP contribution < -0.4 is 10.1 Å². The molecule has 4 aromatic rings. The van der Waals surface area contributed by atoms with Crippen molar-refractivity contribution < 1.29 is 24.5 Å². The van der Waals surface area contributed by atoms with Gasteiger partial charge in [0.1, 0.15) is 11.8 Å². The van der Waals surface area contributed by atoms with E-state index in [0.717, 1.165) is 88.4 Å². The lowest BCUT2D eigenvalue weighted by molar-refractivity contribution is -0.144. The first kappa shape index (κ1) is 36.3. The fourth-order valence-electron chi connectivity index (χ4n) is 7.37. The molecule has 268 valence electrons. The van der Waals surface area contributed by atoms with Gasteiger partial charge in [-0.05, 0) is 73.2 Å². The Hall–Kier alpha value is -4.48. The second-order valence-electron chi connectivity index (χ2n) is 13.5. The number of hydrogen-bond donors (Lipinski definition) is 3. The van der Waals surface area contributed by atoms with Gasteiger partial charge in [0.25, 0.3) is 5.91 Å². The molecule has 51 heavy (non-hydrogen) atoms. The Labute approximate surface area is 304 Å². The number of carbonyl (C=O) groups excluding carboxylic acids is 1. The quantitative estimate of drug-likeness (QED) is 0.149. The molecule has 3 N–H and O–H groups in total. The number of amides is 1. The molecule has 1 aromatic heterocycles. The fraction of sp³-hybridized carbons (Fsp3) is 0.375. The topological polar surface area (TPSA) is 120 Å². The lowest BCUT2D eigenvalue weighted by Crippen LogP contribution is -2.44. The van der Waals surface area contributed by atoms with Crippen LogP contribution in [0.2, 0.25) is 5.02 Å². The van der Waals surface area contributed by atoms with E-state index in [1.165, 1.54) is 0 Å². The Morgan fingerprint density at radius 1 is 1.06 bits per heavy atom. The van der Waals surface area contributed by atoms with Gasteiger partial charge in [0.2, 0.25) is 0 Å². The zero-order chi connectivity index (χ0) is 36.2. The van der Waals surface area contributed by atoms with E-state index in [2.05, 4.69) is 53.3 Å². The molecule has 0 aliphatic carbocycles. The van der Waals surface area contributed by atoms with Crippen molar-refractivity contribution in [3.05, 3.63) is 98.6 Å². The maximum Gasteiger partial charge on any atom is 0.320 e. The summed E-state index contributed by atoms with van der Waals surface area (Å²) in [5.41, 5.74) is 9.27. The highest BCUT2D eigenvalue weighted by molar-refractivity contribution is 6.36. The van der Waals surface area contributed by atoms with Crippen LogP contribution in [-0.4, -0.2) is 80.8 Å². The number of hydrogen-bond acceptors (Lipinski definition) is 7. The predicted molar refractivity (Wildman–Crippen MR) is 201 cm³/mol. The van der Waals surface area contributed by atoms with Gasteiger partial charge in [0, 0.05) is 56.5 Å². The van der Waals surface area contributed by atoms with Crippen LogP contribution >= 0.6 is 11.6 Å². The number of anilines is 1. The average molecular weight is 712 g/mol. The van der Waals surface area contributed by atoms with Crippen molar-refractivity contribution >= 4 is 41.3 Å². The van der Waals surface area contributed by atoms with Crippen LogP contribution in [-0.2, 0) is 31.4 Å². The Balaban J connectivity index is 1.21. The highest BCUT2D eigenvalue weighted by atomic mass is 35.5. The summed E-state index contributed by atoms with van der Waals surface area (Å²) in [6, 6.07) is 15.4. The summed E-state index contributed by atoms with van der Waals surface area (Å²) in [6.07, 6.45) is 7.51. The average Bonchev–Trinajstić information content (AvgIpc) is 3.45. The monoisotopic (exact) mass is 711 g/mol. The normalized spacial score (nSPS) is 16.7. The number of β-amino-alcohol motifs (C(OH)–C–C–N with tert-alkyl or cyclic N) is 1. The summed E-state index contributed by atoms with van der Waals surface area (Å²) in [7, 11) is 3.51. The minimum absolute atomic E-state index is 0.0872. The van der Waals surface area contributed by atoms with E-state index in [0.29, 0.717) is 42.6 Å². The van der Waals surface area contributed by atoms with Gasteiger partial charge < -0.3 is 24.8 Å². The molecule has 1 saturated heterocycles. The number of nitrogens with zero attached hydrogens (tertiary/aromatic N) is 4. The molecular weight excluding hydrogens is 666 g/mol. The summed E-state index contributed by atoms with van der Waals surface area (Å²) >= 11 is 6.99. The van der Waals surface area contributed by atoms with E-state index in [1.54, 1.807) is 13.2 Å². The number of carboxylic acid groups (broad SMARTS) is 1. The zero-order valence-corrected chi connectivity index (χ0v) is 30.5. The highest BCUT2D eigenvalue weighted by Crippen LogP contribution is 2.37. The van der Waals surface area contributed by atoms with Crippen molar-refractivity contribution in [3.8, 4) is 16.9 Å². The summed E-state index contributed by atoms with van der Waals surface area (Å²) in [5, 5.41) is 22.5. The summed E-state index contributed by atoms with van der Waals surface area (Å²) in [5.74, 6) is -0.0371. The summed E-state index contributed by atoms with van der Waals surface area (Å²) in [4.78, 5) is 34.2. The standard InChI is InChI=1S/C40H46ClN5O5/c1-25-21-29(23-46-17-6-5-13-35(46)40(49)50)36(51-4)22-28(25)15-14-27-9-7-10-30(26(27)2)31-11-8-12-32(37(31)41)43-39(48)38-42-33-24-45(19-20-47)18-16-34(33)44(38)3/h7-12,14-15,21-22,35,47H,5-6,13,16-20,23-24H2,1-4H3,(H,43,48)(H,49,50)/b15-14+/t35-/m0/s1. The third-order valence-corrected chi connectivity index (χ3v) is 10.7. The van der Waals surface area contributed by atoms with E-state index >= 15 is 0 Å². The van der Waals surface area contributed by atoms with Crippen molar-refractivity contribution in [3.63, 3.8) is 0 Å². The van der Waals surface area contributed by atoms with Crippen molar-refractivity contribution in [2.24, 2.45) is 7.05 Å². The molecule has 0 bridgehead atoms. The molecular formula is C40H46ClN5O5. The van der Waals surface area contributed by atoms with Crippen LogP contribution in [0.1, 0.15) is 69.1 Å². The number of aliphatic hydroxyl groups is 1. The Bertz CT molecular complexity index is 1970. The molecule has 3 heterocycles. The molecule has 1 atom stereocenters. The molecule has 0 unspecified atom stereocenters. The summed E-state index contributed by atoms with van der Waals surface area (Å²) < 4.78 is 7.64. The number of carbonyl (C=O) groups is 2. The maximum atomic E-state index is 13.5. The molecule has 2 aliphatic rings. The number of piperidine rings is 1. The smallest absolute Gasteiger partial charge is 0.320 e. The van der Waals surface area contributed by atoms with Crippen LogP contribution in [0.4, 0.5) is 5.69 Å². The van der Waals surface area contributed by atoms with Crippen molar-refractivity contribution in [1.29, 1.82) is 0 Å². The number of fused-ring (bicyclic) bond motifs is 1. The van der Waals surface area contributed by atoms with Crippen LogP contribution in [0.25, 0.3) is 23.3 Å². The number of ether oxygens (including phenoxy) is 1. The molecule has 1 fully saturated rings. The summed E-state index contributed by atoms with van der Waals surface area (Å²) in [6.45, 7) is 7.48. The first-order valence-electron chi connectivity index (χ1n) is 17.5. The number of carboxylic acids is 1. The molecule has 1 amide bonds. The molecule has 3 aromatic carbocycles. The van der Waals surface area contributed by atoms with E-state index in [4.69, 9.17) is 16.3 Å². The number of halogens is 1. The Morgan fingerprint density at radius 3 is 2.59 bits per heavy atom. The number of methoxy groups -OCH3 is 1.